The van der Waals surface area contributed by atoms with Gasteiger partial charge in [-0.1, -0.05) is 15.9 Å². The summed E-state index contributed by atoms with van der Waals surface area (Å²) in [6.07, 6.45) is 1.11. The summed E-state index contributed by atoms with van der Waals surface area (Å²) in [5.74, 6) is 0.366. The van der Waals surface area contributed by atoms with E-state index in [1.165, 1.54) is 5.56 Å². The maximum atomic E-state index is 13.6. The number of hydrogen-bond donors (Lipinski definition) is 1. The zero-order valence-corrected chi connectivity index (χ0v) is 10.6. The molecule has 2 rings (SSSR count). The van der Waals surface area contributed by atoms with Crippen LogP contribution in [0.5, 0.6) is 0 Å². The van der Waals surface area contributed by atoms with Gasteiger partial charge >= 0.3 is 0 Å². The highest BCUT2D eigenvalue weighted by atomic mass is 79.9. The Labute approximate surface area is 98.2 Å². The minimum Gasteiger partial charge on any atom is -0.316 e. The van der Waals surface area contributed by atoms with Crippen LogP contribution in [0.1, 0.15) is 29.0 Å². The smallest absolute Gasteiger partial charge is 0.127 e. The minimum absolute atomic E-state index is 0.102. The summed E-state index contributed by atoms with van der Waals surface area (Å²) in [6, 6.07) is 1.70. The number of hydrogen-bond acceptors (Lipinski definition) is 1. The van der Waals surface area contributed by atoms with Crippen molar-refractivity contribution in [1.29, 1.82) is 0 Å². The van der Waals surface area contributed by atoms with E-state index < -0.39 is 0 Å². The van der Waals surface area contributed by atoms with Crippen LogP contribution >= 0.6 is 15.9 Å². The summed E-state index contributed by atoms with van der Waals surface area (Å²) >= 11 is 3.47. The van der Waals surface area contributed by atoms with Crippen LogP contribution in [0, 0.1) is 19.7 Å². The highest BCUT2D eigenvalue weighted by molar-refractivity contribution is 9.10. The highest BCUT2D eigenvalue weighted by Crippen LogP contribution is 2.33. The Balaban J connectivity index is 2.47. The van der Waals surface area contributed by atoms with E-state index in [1.54, 1.807) is 6.07 Å². The van der Waals surface area contributed by atoms with E-state index in [0.29, 0.717) is 11.5 Å². The van der Waals surface area contributed by atoms with Crippen molar-refractivity contribution in [3.05, 3.63) is 33.0 Å². The molecule has 1 atom stereocenters. The van der Waals surface area contributed by atoms with Crippen LogP contribution in [-0.2, 0) is 0 Å². The Hall–Kier alpha value is -0.410. The quantitative estimate of drug-likeness (QED) is 0.827. The molecule has 1 N–H and O–H groups in total. The van der Waals surface area contributed by atoms with Gasteiger partial charge < -0.3 is 5.32 Å². The fourth-order valence-corrected chi connectivity index (χ4v) is 2.63. The third-order valence-electron chi connectivity index (χ3n) is 3.23. The molecular weight excluding hydrogens is 257 g/mol. The van der Waals surface area contributed by atoms with Crippen molar-refractivity contribution in [2.24, 2.45) is 0 Å². The second kappa shape index (κ2) is 4.22. The first kappa shape index (κ1) is 11.1. The van der Waals surface area contributed by atoms with Gasteiger partial charge in [-0.05, 0) is 55.5 Å². The molecule has 0 bridgehead atoms. The highest BCUT2D eigenvalue weighted by Gasteiger charge is 2.21. The van der Waals surface area contributed by atoms with Gasteiger partial charge in [-0.3, -0.25) is 0 Å². The summed E-state index contributed by atoms with van der Waals surface area (Å²) in [5, 5.41) is 3.31. The number of halogens is 2. The summed E-state index contributed by atoms with van der Waals surface area (Å²) in [4.78, 5) is 0. The largest absolute Gasteiger partial charge is 0.316 e. The van der Waals surface area contributed by atoms with Gasteiger partial charge in [0, 0.05) is 11.0 Å². The standard InChI is InChI=1S/C12H15BrFN/c1-7-10(9-3-4-15-6-9)5-11(14)8(2)12(7)13/h5,9,15H,3-4,6H2,1-2H3. The number of rotatable bonds is 1. The zero-order valence-electron chi connectivity index (χ0n) is 9.03. The number of benzene rings is 1. The Kier molecular flexibility index (Phi) is 3.12. The maximum absolute atomic E-state index is 13.6. The van der Waals surface area contributed by atoms with Crippen molar-refractivity contribution in [3.8, 4) is 0 Å². The molecule has 0 saturated carbocycles. The molecule has 1 fully saturated rings. The first-order valence-corrected chi connectivity index (χ1v) is 6.06. The molecule has 0 amide bonds. The molecule has 0 radical (unpaired) electrons. The maximum Gasteiger partial charge on any atom is 0.127 e. The lowest BCUT2D eigenvalue weighted by Crippen LogP contribution is -2.09. The molecule has 1 aliphatic heterocycles. The van der Waals surface area contributed by atoms with Gasteiger partial charge in [0.15, 0.2) is 0 Å². The molecule has 1 unspecified atom stereocenters. The van der Waals surface area contributed by atoms with Gasteiger partial charge in [0.1, 0.15) is 5.82 Å². The third kappa shape index (κ3) is 1.95. The average Bonchev–Trinajstić information content (AvgIpc) is 2.73. The molecule has 82 valence electrons. The van der Waals surface area contributed by atoms with Crippen LogP contribution in [0.15, 0.2) is 10.5 Å². The minimum atomic E-state index is -0.102. The Bertz CT molecular complexity index is 384. The molecule has 1 aromatic carbocycles. The lowest BCUT2D eigenvalue weighted by atomic mass is 9.93. The van der Waals surface area contributed by atoms with Gasteiger partial charge in [0.05, 0.1) is 0 Å². The average molecular weight is 272 g/mol. The molecule has 1 aromatic rings. The van der Waals surface area contributed by atoms with Crippen LogP contribution < -0.4 is 5.32 Å². The van der Waals surface area contributed by atoms with Crippen LogP contribution in [0.2, 0.25) is 0 Å². The summed E-state index contributed by atoms with van der Waals surface area (Å²) in [5.41, 5.74) is 3.04. The molecule has 1 nitrogen and oxygen atoms in total. The van der Waals surface area contributed by atoms with E-state index in [4.69, 9.17) is 0 Å². The van der Waals surface area contributed by atoms with Crippen molar-refractivity contribution in [2.45, 2.75) is 26.2 Å². The normalized spacial score (nSPS) is 20.9. The first-order chi connectivity index (χ1) is 7.11. The first-order valence-electron chi connectivity index (χ1n) is 5.27. The monoisotopic (exact) mass is 271 g/mol. The van der Waals surface area contributed by atoms with Crippen molar-refractivity contribution in [3.63, 3.8) is 0 Å². The van der Waals surface area contributed by atoms with E-state index >= 15 is 0 Å². The van der Waals surface area contributed by atoms with E-state index in [1.807, 2.05) is 6.92 Å². The summed E-state index contributed by atoms with van der Waals surface area (Å²) < 4.78 is 14.5. The van der Waals surface area contributed by atoms with E-state index in [0.717, 1.165) is 29.5 Å². The van der Waals surface area contributed by atoms with Gasteiger partial charge in [-0.2, -0.15) is 0 Å². The molecule has 3 heteroatoms. The molecule has 1 aliphatic rings. The van der Waals surface area contributed by atoms with E-state index in [2.05, 4.69) is 28.2 Å². The van der Waals surface area contributed by atoms with Gasteiger partial charge in [0.25, 0.3) is 0 Å². The second-order valence-electron chi connectivity index (χ2n) is 4.20. The molecule has 1 saturated heterocycles. The van der Waals surface area contributed by atoms with E-state index in [9.17, 15) is 4.39 Å². The van der Waals surface area contributed by atoms with Crippen molar-refractivity contribution >= 4 is 15.9 Å². The lowest BCUT2D eigenvalue weighted by Gasteiger charge is -2.16. The zero-order chi connectivity index (χ0) is 11.0. The molecule has 15 heavy (non-hydrogen) atoms. The second-order valence-corrected chi connectivity index (χ2v) is 4.99. The molecular formula is C12H15BrFN. The molecule has 1 heterocycles. The summed E-state index contributed by atoms with van der Waals surface area (Å²) in [6.45, 7) is 5.88. The molecule has 0 aromatic heterocycles. The molecule has 0 spiro atoms. The fourth-order valence-electron chi connectivity index (χ4n) is 2.21. The molecule has 0 aliphatic carbocycles. The topological polar surface area (TPSA) is 12.0 Å². The summed E-state index contributed by atoms with van der Waals surface area (Å²) in [7, 11) is 0. The van der Waals surface area contributed by atoms with Crippen LogP contribution in [0.3, 0.4) is 0 Å². The Morgan fingerprint density at radius 3 is 2.73 bits per heavy atom. The predicted octanol–water partition coefficient (Wildman–Crippen LogP) is 3.28. The van der Waals surface area contributed by atoms with Crippen LogP contribution in [0.4, 0.5) is 4.39 Å². The fraction of sp³-hybridized carbons (Fsp3) is 0.500. The SMILES string of the molecule is Cc1c(F)cc(C2CCNC2)c(C)c1Br. The third-order valence-corrected chi connectivity index (χ3v) is 4.42. The predicted molar refractivity (Wildman–Crippen MR) is 63.8 cm³/mol. The van der Waals surface area contributed by atoms with E-state index in [-0.39, 0.29) is 5.82 Å². The van der Waals surface area contributed by atoms with Gasteiger partial charge in [-0.15, -0.1) is 0 Å². The van der Waals surface area contributed by atoms with Crippen molar-refractivity contribution in [2.75, 3.05) is 13.1 Å². The van der Waals surface area contributed by atoms with Gasteiger partial charge in [-0.25, -0.2) is 4.39 Å². The Morgan fingerprint density at radius 2 is 2.13 bits per heavy atom. The van der Waals surface area contributed by atoms with Crippen LogP contribution in [-0.4, -0.2) is 13.1 Å². The lowest BCUT2D eigenvalue weighted by molar-refractivity contribution is 0.609. The van der Waals surface area contributed by atoms with Crippen molar-refractivity contribution in [1.82, 2.24) is 5.32 Å². The number of nitrogens with one attached hydrogen (secondary N) is 1. The van der Waals surface area contributed by atoms with Gasteiger partial charge in [0.2, 0.25) is 0 Å². The van der Waals surface area contributed by atoms with Crippen molar-refractivity contribution < 1.29 is 4.39 Å². The Morgan fingerprint density at radius 1 is 1.40 bits per heavy atom. The van der Waals surface area contributed by atoms with Crippen LogP contribution in [0.25, 0.3) is 0 Å².